The molecule has 1 N–H and O–H groups in total. The van der Waals surface area contributed by atoms with Crippen molar-refractivity contribution >= 4 is 28.1 Å². The molecule has 0 fully saturated rings. The van der Waals surface area contributed by atoms with Gasteiger partial charge in [0.05, 0.1) is 17.7 Å². The van der Waals surface area contributed by atoms with Crippen LogP contribution in [0.15, 0.2) is 23.6 Å². The van der Waals surface area contributed by atoms with Gasteiger partial charge in [0.2, 0.25) is 5.91 Å². The zero-order valence-electron chi connectivity index (χ0n) is 15.2. The van der Waals surface area contributed by atoms with E-state index < -0.39 is 16.6 Å². The molecule has 1 aromatic carbocycles. The van der Waals surface area contributed by atoms with Crippen molar-refractivity contribution in [2.45, 2.75) is 20.4 Å². The topological polar surface area (TPSA) is 112 Å². The van der Waals surface area contributed by atoms with Gasteiger partial charge in [-0.2, -0.15) is 5.10 Å². The van der Waals surface area contributed by atoms with Gasteiger partial charge in [-0.25, -0.2) is 9.37 Å². The van der Waals surface area contributed by atoms with Gasteiger partial charge in [-0.05, 0) is 32.0 Å². The number of anilines is 1. The van der Waals surface area contributed by atoms with Gasteiger partial charge >= 0.3 is 5.69 Å². The number of methoxy groups -OCH3 is 1. The number of hydrogen-bond acceptors (Lipinski definition) is 7. The largest absolute Gasteiger partial charge is 0.496 e. The number of hydrogen-bond donors (Lipinski definition) is 1. The molecule has 146 valence electrons. The summed E-state index contributed by atoms with van der Waals surface area (Å²) >= 11 is 1.17. The molecule has 0 radical (unpaired) electrons. The number of benzene rings is 1. The molecular formula is C17H16FN5O4S. The molecule has 0 saturated carbocycles. The summed E-state index contributed by atoms with van der Waals surface area (Å²) in [6.07, 6.45) is 0. The standard InChI is InChI=1S/C17H16FN5O4S/c1-9-16(23(25)26)10(2)22(21-9)7-15(24)20-17-19-13(8-28-17)12-6-11(18)4-5-14(12)27-3/h4-6,8H,7H2,1-3H3,(H,19,20,24). The van der Waals surface area contributed by atoms with Crippen molar-refractivity contribution in [2.24, 2.45) is 0 Å². The maximum absolute atomic E-state index is 13.6. The quantitative estimate of drug-likeness (QED) is 0.497. The molecule has 0 atom stereocenters. The van der Waals surface area contributed by atoms with Crippen molar-refractivity contribution in [3.05, 3.63) is 50.9 Å². The Hall–Kier alpha value is -3.34. The molecule has 0 aliphatic heterocycles. The molecule has 28 heavy (non-hydrogen) atoms. The molecule has 0 aliphatic carbocycles. The van der Waals surface area contributed by atoms with E-state index in [4.69, 9.17) is 4.74 Å². The van der Waals surface area contributed by atoms with E-state index in [1.165, 1.54) is 55.2 Å². The van der Waals surface area contributed by atoms with Crippen LogP contribution in [0.5, 0.6) is 5.75 Å². The second kappa shape index (κ2) is 7.72. The number of rotatable bonds is 6. The van der Waals surface area contributed by atoms with Crippen LogP contribution < -0.4 is 10.1 Å². The van der Waals surface area contributed by atoms with Crippen LogP contribution >= 0.6 is 11.3 Å². The summed E-state index contributed by atoms with van der Waals surface area (Å²) in [6.45, 7) is 2.85. The molecule has 3 aromatic rings. The number of carbonyl (C=O) groups excluding carboxylic acids is 1. The van der Waals surface area contributed by atoms with Crippen molar-refractivity contribution in [1.82, 2.24) is 14.8 Å². The SMILES string of the molecule is COc1ccc(F)cc1-c1csc(NC(=O)Cn2nc(C)c([N+](=O)[O-])c2C)n1. The minimum Gasteiger partial charge on any atom is -0.496 e. The van der Waals surface area contributed by atoms with E-state index in [9.17, 15) is 19.3 Å². The van der Waals surface area contributed by atoms with Gasteiger partial charge < -0.3 is 10.1 Å². The number of carbonyl (C=O) groups is 1. The van der Waals surface area contributed by atoms with Gasteiger partial charge in [0.15, 0.2) is 5.13 Å². The smallest absolute Gasteiger partial charge is 0.312 e. The van der Waals surface area contributed by atoms with E-state index in [-0.39, 0.29) is 17.9 Å². The number of thiazole rings is 1. The van der Waals surface area contributed by atoms with Crippen molar-refractivity contribution in [3.8, 4) is 17.0 Å². The second-order valence-electron chi connectivity index (χ2n) is 5.86. The predicted molar refractivity (Wildman–Crippen MR) is 101 cm³/mol. The van der Waals surface area contributed by atoms with Crippen LogP contribution in [0.3, 0.4) is 0 Å². The van der Waals surface area contributed by atoms with Crippen LogP contribution in [0.1, 0.15) is 11.4 Å². The van der Waals surface area contributed by atoms with E-state index in [1.54, 1.807) is 5.38 Å². The summed E-state index contributed by atoms with van der Waals surface area (Å²) in [7, 11) is 1.47. The first-order valence-electron chi connectivity index (χ1n) is 8.07. The number of nitrogens with one attached hydrogen (secondary N) is 1. The molecule has 9 nitrogen and oxygen atoms in total. The highest BCUT2D eigenvalue weighted by Gasteiger charge is 2.23. The summed E-state index contributed by atoms with van der Waals surface area (Å²) in [5.41, 5.74) is 1.35. The van der Waals surface area contributed by atoms with Crippen LogP contribution in [-0.4, -0.2) is 32.7 Å². The van der Waals surface area contributed by atoms with E-state index in [2.05, 4.69) is 15.4 Å². The Morgan fingerprint density at radius 3 is 2.82 bits per heavy atom. The predicted octanol–water partition coefficient (Wildman–Crippen LogP) is 3.32. The fourth-order valence-electron chi connectivity index (χ4n) is 2.74. The highest BCUT2D eigenvalue weighted by atomic mass is 32.1. The van der Waals surface area contributed by atoms with Crippen molar-refractivity contribution < 1.29 is 18.8 Å². The first-order chi connectivity index (χ1) is 13.3. The Morgan fingerprint density at radius 2 is 2.18 bits per heavy atom. The second-order valence-corrected chi connectivity index (χ2v) is 6.72. The highest BCUT2D eigenvalue weighted by Crippen LogP contribution is 2.32. The van der Waals surface area contributed by atoms with Gasteiger partial charge in [0.25, 0.3) is 0 Å². The third-order valence-corrected chi connectivity index (χ3v) is 4.76. The average molecular weight is 405 g/mol. The molecule has 0 aliphatic rings. The molecule has 0 spiro atoms. The zero-order chi connectivity index (χ0) is 20.4. The Morgan fingerprint density at radius 1 is 1.43 bits per heavy atom. The number of ether oxygens (including phenoxy) is 1. The van der Waals surface area contributed by atoms with Gasteiger partial charge in [0.1, 0.15) is 29.5 Å². The monoisotopic (exact) mass is 405 g/mol. The van der Waals surface area contributed by atoms with E-state index in [1.807, 2.05) is 0 Å². The first kappa shape index (κ1) is 19.4. The van der Waals surface area contributed by atoms with E-state index in [0.29, 0.717) is 27.8 Å². The lowest BCUT2D eigenvalue weighted by Crippen LogP contribution is -2.20. The maximum Gasteiger partial charge on any atom is 0.312 e. The summed E-state index contributed by atoms with van der Waals surface area (Å²) in [4.78, 5) is 27.1. The number of aryl methyl sites for hydroxylation is 1. The average Bonchev–Trinajstić information content (AvgIpc) is 3.19. The number of nitro groups is 1. The third-order valence-electron chi connectivity index (χ3n) is 4.01. The molecule has 2 heterocycles. The van der Waals surface area contributed by atoms with Crippen molar-refractivity contribution in [1.29, 1.82) is 0 Å². The molecule has 1 amide bonds. The van der Waals surface area contributed by atoms with Gasteiger partial charge in [-0.3, -0.25) is 19.6 Å². The van der Waals surface area contributed by atoms with E-state index >= 15 is 0 Å². The van der Waals surface area contributed by atoms with Gasteiger partial charge in [0, 0.05) is 10.9 Å². The summed E-state index contributed by atoms with van der Waals surface area (Å²) in [5.74, 6) is -0.410. The summed E-state index contributed by atoms with van der Waals surface area (Å²) in [5, 5.41) is 19.7. The molecule has 0 unspecified atom stereocenters. The number of nitrogens with zero attached hydrogens (tertiary/aromatic N) is 4. The molecule has 3 rings (SSSR count). The lowest BCUT2D eigenvalue weighted by atomic mass is 10.1. The molecule has 0 saturated heterocycles. The van der Waals surface area contributed by atoms with Crippen LogP contribution in [0.25, 0.3) is 11.3 Å². The third kappa shape index (κ3) is 3.83. The minimum absolute atomic E-state index is 0.109. The fourth-order valence-corrected chi connectivity index (χ4v) is 3.46. The first-order valence-corrected chi connectivity index (χ1v) is 8.95. The molecule has 11 heteroatoms. The zero-order valence-corrected chi connectivity index (χ0v) is 16.0. The van der Waals surface area contributed by atoms with Crippen LogP contribution in [0.2, 0.25) is 0 Å². The van der Waals surface area contributed by atoms with Gasteiger partial charge in [-0.15, -0.1) is 11.3 Å². The number of aromatic nitrogens is 3. The normalized spacial score (nSPS) is 10.7. The van der Waals surface area contributed by atoms with Crippen molar-refractivity contribution in [2.75, 3.05) is 12.4 Å². The Kier molecular flexibility index (Phi) is 5.36. The number of halogens is 1. The molecule has 2 aromatic heterocycles. The maximum atomic E-state index is 13.6. The highest BCUT2D eigenvalue weighted by molar-refractivity contribution is 7.14. The van der Waals surface area contributed by atoms with Crippen LogP contribution in [-0.2, 0) is 11.3 Å². The minimum atomic E-state index is -0.522. The van der Waals surface area contributed by atoms with E-state index in [0.717, 1.165) is 0 Å². The summed E-state index contributed by atoms with van der Waals surface area (Å²) < 4.78 is 20.0. The lowest BCUT2D eigenvalue weighted by molar-refractivity contribution is -0.386. The number of amides is 1. The molecular weight excluding hydrogens is 389 g/mol. The Balaban J connectivity index is 1.76. The van der Waals surface area contributed by atoms with Crippen molar-refractivity contribution in [3.63, 3.8) is 0 Å². The Labute approximate surface area is 162 Å². The fraction of sp³-hybridized carbons (Fsp3) is 0.235. The molecule has 0 bridgehead atoms. The lowest BCUT2D eigenvalue weighted by Gasteiger charge is -2.06. The Bertz CT molecular complexity index is 1060. The summed E-state index contributed by atoms with van der Waals surface area (Å²) in [6, 6.07) is 4.08. The van der Waals surface area contributed by atoms with Gasteiger partial charge in [-0.1, -0.05) is 0 Å². The van der Waals surface area contributed by atoms with Crippen LogP contribution in [0, 0.1) is 29.8 Å². The van der Waals surface area contributed by atoms with Crippen LogP contribution in [0.4, 0.5) is 15.2 Å².